The molecule has 0 heterocycles. The van der Waals surface area contributed by atoms with Gasteiger partial charge in [-0.3, -0.25) is 0 Å². The van der Waals surface area contributed by atoms with E-state index in [4.69, 9.17) is 3.25 Å². The standard InChI is InChI=1S/Ag.3O.Ti/q;;2*-2;+4. The maximum absolute atomic E-state index is 8.06. The average Bonchev–Trinajstić information content (AvgIpc) is 1.00. The van der Waals surface area contributed by atoms with Gasteiger partial charge in [-0.25, -0.2) is 0 Å². The molecule has 5 heavy (non-hydrogen) atoms. The van der Waals surface area contributed by atoms with Gasteiger partial charge in [0.05, 0.1) is 0 Å². The van der Waals surface area contributed by atoms with Gasteiger partial charge in [-0.1, -0.05) is 0 Å². The molecule has 0 atom stereocenters. The van der Waals surface area contributed by atoms with Crippen molar-refractivity contribution in [2.75, 3.05) is 0 Å². The van der Waals surface area contributed by atoms with Gasteiger partial charge < -0.3 is 11.0 Å². The molecule has 0 rings (SSSR count). The van der Waals surface area contributed by atoms with E-state index < -0.39 is 0 Å². The fraction of sp³-hybridized carbons (Fsp3) is 0. The molecule has 0 bridgehead atoms. The van der Waals surface area contributed by atoms with Crippen LogP contribution in [0.3, 0.4) is 0 Å². The monoisotopic (exact) mass is 203 g/mol. The first kappa shape index (κ1) is 35.0. The van der Waals surface area contributed by atoms with Crippen LogP contribution in [0.5, 0.6) is 0 Å². The molecule has 0 aromatic rings. The zero-order valence-electron chi connectivity index (χ0n) is 2.03. The van der Waals surface area contributed by atoms with Gasteiger partial charge in [-0.05, 0) is 0 Å². The fourth-order valence-corrected chi connectivity index (χ4v) is 0. The number of hydrogen-bond acceptors (Lipinski definition) is 1. The molecule has 0 saturated carbocycles. The van der Waals surface area contributed by atoms with E-state index in [9.17, 15) is 0 Å². The van der Waals surface area contributed by atoms with Gasteiger partial charge in [-0.15, -0.1) is 0 Å². The van der Waals surface area contributed by atoms with Gasteiger partial charge >= 0.3 is 46.0 Å². The maximum Gasteiger partial charge on any atom is 4.00 e. The molecule has 0 aliphatic carbocycles. The summed E-state index contributed by atoms with van der Waals surface area (Å²) < 4.78 is 8.06. The van der Waals surface area contributed by atoms with Crippen molar-refractivity contribution in [2.24, 2.45) is 0 Å². The zero-order valence-corrected chi connectivity index (χ0v) is 5.07. The van der Waals surface area contributed by atoms with E-state index in [1.165, 1.54) is 0 Å². The van der Waals surface area contributed by atoms with E-state index >= 15 is 0 Å². The Morgan fingerprint density at radius 3 is 1.00 bits per heavy atom. The first-order chi connectivity index (χ1) is 1.00. The molecule has 0 N–H and O–H groups in total. The Kier molecular flexibility index (Phi) is 457. The summed E-state index contributed by atoms with van der Waals surface area (Å²) in [7, 11) is 0. The third-order valence-electron chi connectivity index (χ3n) is 0. The Bertz CT molecular complexity index is 6.85. The van der Waals surface area contributed by atoms with E-state index in [0.717, 1.165) is 0 Å². The molecular weight excluding hydrogens is 204 g/mol. The van der Waals surface area contributed by atoms with E-state index in [1.54, 1.807) is 21.0 Å². The summed E-state index contributed by atoms with van der Waals surface area (Å²) in [5, 5.41) is 0. The minimum absolute atomic E-state index is 0. The molecule has 0 unspecified atom stereocenters. The van der Waals surface area contributed by atoms with E-state index in [0.29, 0.717) is 0 Å². The molecule has 5 heteroatoms. The van der Waals surface area contributed by atoms with Crippen molar-refractivity contribution >= 4 is 0 Å². The van der Waals surface area contributed by atoms with Crippen LogP contribution in [0.15, 0.2) is 0 Å². The maximum atomic E-state index is 8.06. The fourth-order valence-electron chi connectivity index (χ4n) is 0. The molecule has 0 fully saturated rings. The minimum Gasteiger partial charge on any atom is 4.00 e. The normalized spacial score (nSPS) is 1.20. The zero-order chi connectivity index (χ0) is 2.00. The SMILES string of the molecule is [O-2].[O-2].[O]=[Ag].[Ti+4]. The third kappa shape index (κ3) is 37.8. The summed E-state index contributed by atoms with van der Waals surface area (Å²) >= 11 is 1.70. The molecule has 0 aliphatic heterocycles. The predicted molar refractivity (Wildman–Crippen MR) is 2.06 cm³/mol. The summed E-state index contributed by atoms with van der Waals surface area (Å²) in [5.41, 5.74) is 0. The largest absolute Gasteiger partial charge is 4.00 e. The Balaban J connectivity index is -0.00000000167. The summed E-state index contributed by atoms with van der Waals surface area (Å²) in [6.45, 7) is 0. The van der Waals surface area contributed by atoms with Crippen molar-refractivity contribution in [3.8, 4) is 0 Å². The topological polar surface area (TPSA) is 74.1 Å². The van der Waals surface area contributed by atoms with Crippen molar-refractivity contribution < 1.29 is 57.0 Å². The third-order valence-corrected chi connectivity index (χ3v) is 0. The molecule has 0 saturated heterocycles. The number of rotatable bonds is 0. The van der Waals surface area contributed by atoms with Crippen LogP contribution >= 0.6 is 0 Å². The van der Waals surface area contributed by atoms with Gasteiger partial charge in [0.2, 0.25) is 0 Å². The average molecular weight is 204 g/mol. The van der Waals surface area contributed by atoms with E-state index in [1.807, 2.05) is 0 Å². The second-order valence-corrected chi connectivity index (χ2v) is 0. The summed E-state index contributed by atoms with van der Waals surface area (Å²) in [5.74, 6) is 0. The van der Waals surface area contributed by atoms with Gasteiger partial charge in [-0.2, -0.15) is 0 Å². The van der Waals surface area contributed by atoms with E-state index in [-0.39, 0.29) is 32.7 Å². The molecule has 0 aromatic heterocycles. The second kappa shape index (κ2) is 65.4. The Labute approximate surface area is 56.9 Å². The van der Waals surface area contributed by atoms with Crippen LogP contribution in [0.2, 0.25) is 0 Å². The molecule has 33 valence electrons. The van der Waals surface area contributed by atoms with Crippen molar-refractivity contribution in [3.63, 3.8) is 0 Å². The molecule has 0 aliphatic rings. The summed E-state index contributed by atoms with van der Waals surface area (Å²) in [6.07, 6.45) is 0. The van der Waals surface area contributed by atoms with Crippen LogP contribution in [0.4, 0.5) is 0 Å². The molecule has 0 amide bonds. The first-order valence-corrected chi connectivity index (χ1v) is 0.728. The molecule has 0 radical (unpaired) electrons. The first-order valence-electron chi connectivity index (χ1n) is 0.123. The Hall–Kier alpha value is 1.17. The second-order valence-electron chi connectivity index (χ2n) is 0. The quantitative estimate of drug-likeness (QED) is 0.496. The van der Waals surface area contributed by atoms with Crippen molar-refractivity contribution in [1.82, 2.24) is 0 Å². The minimum atomic E-state index is 0. The van der Waals surface area contributed by atoms with Crippen LogP contribution in [-0.4, -0.2) is 0 Å². The van der Waals surface area contributed by atoms with Gasteiger partial charge in [0, 0.05) is 0 Å². The van der Waals surface area contributed by atoms with Crippen LogP contribution in [0.25, 0.3) is 0 Å². The Morgan fingerprint density at radius 1 is 1.00 bits per heavy atom. The molecule has 0 spiro atoms. The van der Waals surface area contributed by atoms with E-state index in [2.05, 4.69) is 0 Å². The van der Waals surface area contributed by atoms with Crippen LogP contribution in [-0.2, 0) is 57.0 Å². The van der Waals surface area contributed by atoms with Crippen LogP contribution < -0.4 is 0 Å². The van der Waals surface area contributed by atoms with Gasteiger partial charge in [0.25, 0.3) is 0 Å². The smallest absolute Gasteiger partial charge is 4.00 e. The van der Waals surface area contributed by atoms with Gasteiger partial charge in [0.1, 0.15) is 0 Å². The van der Waals surface area contributed by atoms with Crippen molar-refractivity contribution in [3.05, 3.63) is 0 Å². The molecule has 3 nitrogen and oxygen atoms in total. The predicted octanol–water partition coefficient (Wildman–Crippen LogP) is -0.361. The van der Waals surface area contributed by atoms with Crippen molar-refractivity contribution in [2.45, 2.75) is 0 Å². The Morgan fingerprint density at radius 2 is 1.00 bits per heavy atom. The molecular formula is AgO3Ti. The van der Waals surface area contributed by atoms with Gasteiger partial charge in [0.15, 0.2) is 0 Å². The van der Waals surface area contributed by atoms with Crippen LogP contribution in [0.1, 0.15) is 0 Å². The van der Waals surface area contributed by atoms with Crippen LogP contribution in [0, 0.1) is 0 Å². The summed E-state index contributed by atoms with van der Waals surface area (Å²) in [4.78, 5) is 0. The number of hydrogen-bond donors (Lipinski definition) is 0. The molecule has 0 aromatic carbocycles. The van der Waals surface area contributed by atoms with Crippen molar-refractivity contribution in [1.29, 1.82) is 0 Å². The summed E-state index contributed by atoms with van der Waals surface area (Å²) in [6, 6.07) is 0.